The Morgan fingerprint density at radius 1 is 0.808 bits per heavy atom. The number of aliphatic hydroxyl groups is 2. The lowest BCUT2D eigenvalue weighted by molar-refractivity contribution is -0.136. The molecule has 2 atom stereocenters. The summed E-state index contributed by atoms with van der Waals surface area (Å²) in [6, 6.07) is 0. The molecule has 0 saturated heterocycles. The lowest BCUT2D eigenvalue weighted by atomic mass is 10.2. The molecule has 0 amide bonds. The molecule has 2 unspecified atom stereocenters. The first kappa shape index (κ1) is 23.8. The van der Waals surface area contributed by atoms with Crippen molar-refractivity contribution < 1.29 is 20.1 Å². The smallest absolute Gasteiger partial charge is 0.303 e. The highest BCUT2D eigenvalue weighted by atomic mass is 16.4. The summed E-state index contributed by atoms with van der Waals surface area (Å²) in [5, 5.41) is 28.0. The maximum absolute atomic E-state index is 10.3. The van der Waals surface area contributed by atoms with Gasteiger partial charge in [0.15, 0.2) is 0 Å². The fourth-order valence-electron chi connectivity index (χ4n) is 1.90. The van der Waals surface area contributed by atoms with E-state index in [0.717, 1.165) is 12.8 Å². The summed E-state index contributed by atoms with van der Waals surface area (Å²) in [4.78, 5) is 10.3. The van der Waals surface area contributed by atoms with Crippen LogP contribution in [0.2, 0.25) is 0 Å². The number of aliphatic hydroxyl groups excluding tert-OH is 2. The van der Waals surface area contributed by atoms with Gasteiger partial charge in [0.1, 0.15) is 0 Å². The number of carboxylic acid groups (broad SMARTS) is 1. The Labute approximate surface area is 157 Å². The van der Waals surface area contributed by atoms with Crippen LogP contribution >= 0.6 is 0 Å². The minimum Gasteiger partial charge on any atom is -0.481 e. The number of carbonyl (C=O) groups is 1. The Morgan fingerprint density at radius 2 is 1.35 bits per heavy atom. The van der Waals surface area contributed by atoms with Crippen LogP contribution in [0, 0.1) is 0 Å². The van der Waals surface area contributed by atoms with E-state index in [9.17, 15) is 15.0 Å². The Balaban J connectivity index is 3.91. The number of hydrogen-bond donors (Lipinski definition) is 3. The normalized spacial score (nSPS) is 15.5. The van der Waals surface area contributed by atoms with Crippen molar-refractivity contribution in [1.82, 2.24) is 0 Å². The van der Waals surface area contributed by atoms with Gasteiger partial charge >= 0.3 is 5.97 Å². The molecule has 0 aromatic heterocycles. The molecule has 4 nitrogen and oxygen atoms in total. The van der Waals surface area contributed by atoms with E-state index in [0.29, 0.717) is 19.3 Å². The van der Waals surface area contributed by atoms with Crippen LogP contribution in [-0.2, 0) is 4.79 Å². The van der Waals surface area contributed by atoms with Crippen LogP contribution in [0.1, 0.15) is 45.4 Å². The largest absolute Gasteiger partial charge is 0.481 e. The van der Waals surface area contributed by atoms with Gasteiger partial charge < -0.3 is 15.3 Å². The van der Waals surface area contributed by atoms with Gasteiger partial charge in [-0.2, -0.15) is 0 Å². The molecule has 0 aromatic rings. The molecule has 0 radical (unpaired) electrons. The summed E-state index contributed by atoms with van der Waals surface area (Å²) in [7, 11) is 0. The SMILES string of the molecule is CC/C=C/C/C=C/CC(O)/C=C/C=C/C=C/C(O)C/C=C/CCC(=O)O. The third-order valence-corrected chi connectivity index (χ3v) is 3.29. The van der Waals surface area contributed by atoms with Gasteiger partial charge in [-0.25, -0.2) is 0 Å². The maximum atomic E-state index is 10.3. The van der Waals surface area contributed by atoms with Gasteiger partial charge in [0, 0.05) is 6.42 Å². The average molecular weight is 360 g/mol. The van der Waals surface area contributed by atoms with Crippen molar-refractivity contribution in [1.29, 1.82) is 0 Å². The van der Waals surface area contributed by atoms with Gasteiger partial charge in [-0.1, -0.05) is 79.8 Å². The van der Waals surface area contributed by atoms with Gasteiger partial charge in [-0.05, 0) is 32.1 Å². The lowest BCUT2D eigenvalue weighted by Crippen LogP contribution is -1.99. The van der Waals surface area contributed by atoms with Gasteiger partial charge in [-0.3, -0.25) is 4.79 Å². The molecule has 0 fully saturated rings. The van der Waals surface area contributed by atoms with E-state index in [-0.39, 0.29) is 6.42 Å². The highest BCUT2D eigenvalue weighted by Gasteiger charge is 1.95. The second kappa shape index (κ2) is 17.6. The van der Waals surface area contributed by atoms with Gasteiger partial charge in [0.05, 0.1) is 12.2 Å². The zero-order valence-corrected chi connectivity index (χ0v) is 15.6. The molecular formula is C22H32O4. The lowest BCUT2D eigenvalue weighted by Gasteiger charge is -1.99. The average Bonchev–Trinajstić information content (AvgIpc) is 2.60. The Hall–Kier alpha value is -2.17. The van der Waals surface area contributed by atoms with Crippen LogP contribution in [0.3, 0.4) is 0 Å². The molecule has 0 aliphatic heterocycles. The van der Waals surface area contributed by atoms with Crippen LogP contribution in [0.5, 0.6) is 0 Å². The van der Waals surface area contributed by atoms with E-state index in [2.05, 4.69) is 19.1 Å². The minimum absolute atomic E-state index is 0.106. The number of rotatable bonds is 14. The minimum atomic E-state index is -0.821. The molecule has 144 valence electrons. The molecule has 0 saturated carbocycles. The first-order valence-electron chi connectivity index (χ1n) is 9.10. The number of aliphatic carboxylic acids is 1. The third-order valence-electron chi connectivity index (χ3n) is 3.29. The van der Waals surface area contributed by atoms with Gasteiger partial charge in [0.25, 0.3) is 0 Å². The van der Waals surface area contributed by atoms with Crippen LogP contribution in [0.4, 0.5) is 0 Å². The Bertz CT molecular complexity index is 524. The highest BCUT2D eigenvalue weighted by Crippen LogP contribution is 2.00. The number of hydrogen-bond acceptors (Lipinski definition) is 3. The molecule has 0 heterocycles. The van der Waals surface area contributed by atoms with Crippen molar-refractivity contribution in [3.63, 3.8) is 0 Å². The van der Waals surface area contributed by atoms with Crippen LogP contribution in [-0.4, -0.2) is 33.5 Å². The van der Waals surface area contributed by atoms with Crippen LogP contribution in [0.25, 0.3) is 0 Å². The van der Waals surface area contributed by atoms with Crippen LogP contribution in [0.15, 0.2) is 72.9 Å². The molecular weight excluding hydrogens is 328 g/mol. The molecule has 0 spiro atoms. The standard InChI is InChI=1S/C22H32O4/c1-2-3-4-5-6-10-15-20(23)16-11-7-8-12-17-21(24)18-13-9-14-19-22(25)26/h3-4,6-13,16-17,20-21,23-24H,2,5,14-15,18-19H2,1H3,(H,25,26)/b4-3+,8-7+,10-6+,13-9+,16-11+,17-12+. The molecule has 3 N–H and O–H groups in total. The Morgan fingerprint density at radius 3 is 1.88 bits per heavy atom. The summed E-state index contributed by atoms with van der Waals surface area (Å²) in [6.45, 7) is 2.10. The predicted octanol–water partition coefficient (Wildman–Crippen LogP) is 4.49. The first-order chi connectivity index (χ1) is 12.6. The quantitative estimate of drug-likeness (QED) is 0.315. The second-order valence-corrected chi connectivity index (χ2v) is 5.75. The summed E-state index contributed by atoms with van der Waals surface area (Å²) in [5.41, 5.74) is 0. The van der Waals surface area contributed by atoms with Crippen molar-refractivity contribution in [2.24, 2.45) is 0 Å². The second-order valence-electron chi connectivity index (χ2n) is 5.75. The molecule has 4 heteroatoms. The van der Waals surface area contributed by atoms with Crippen LogP contribution < -0.4 is 0 Å². The maximum Gasteiger partial charge on any atom is 0.303 e. The Kier molecular flexibility index (Phi) is 16.2. The number of carboxylic acids is 1. The summed E-state index contributed by atoms with van der Waals surface area (Å²) in [6.07, 6.45) is 24.7. The molecule has 0 aromatic carbocycles. The fraction of sp³-hybridized carbons (Fsp3) is 0.409. The van der Waals surface area contributed by atoms with E-state index in [1.165, 1.54) is 0 Å². The van der Waals surface area contributed by atoms with Crippen molar-refractivity contribution in [2.45, 2.75) is 57.7 Å². The first-order valence-corrected chi connectivity index (χ1v) is 9.10. The van der Waals surface area contributed by atoms with Crippen molar-refractivity contribution in [3.8, 4) is 0 Å². The summed E-state index contributed by atoms with van der Waals surface area (Å²) >= 11 is 0. The van der Waals surface area contributed by atoms with E-state index in [1.807, 2.05) is 12.2 Å². The highest BCUT2D eigenvalue weighted by molar-refractivity contribution is 5.66. The van der Waals surface area contributed by atoms with Crippen molar-refractivity contribution in [2.75, 3.05) is 0 Å². The topological polar surface area (TPSA) is 77.8 Å². The third kappa shape index (κ3) is 18.2. The van der Waals surface area contributed by atoms with Crippen molar-refractivity contribution in [3.05, 3.63) is 72.9 Å². The van der Waals surface area contributed by atoms with E-state index < -0.39 is 18.2 Å². The fourth-order valence-corrected chi connectivity index (χ4v) is 1.90. The summed E-state index contributed by atoms with van der Waals surface area (Å²) < 4.78 is 0. The van der Waals surface area contributed by atoms with Crippen molar-refractivity contribution >= 4 is 5.97 Å². The molecule has 0 aliphatic carbocycles. The zero-order chi connectivity index (χ0) is 19.5. The molecule has 26 heavy (non-hydrogen) atoms. The molecule has 0 bridgehead atoms. The van der Waals surface area contributed by atoms with E-state index in [4.69, 9.17) is 5.11 Å². The van der Waals surface area contributed by atoms with E-state index >= 15 is 0 Å². The molecule has 0 aliphatic rings. The zero-order valence-electron chi connectivity index (χ0n) is 15.6. The monoisotopic (exact) mass is 360 g/mol. The van der Waals surface area contributed by atoms with Gasteiger partial charge in [-0.15, -0.1) is 0 Å². The van der Waals surface area contributed by atoms with Gasteiger partial charge in [0.2, 0.25) is 0 Å². The predicted molar refractivity (Wildman–Crippen MR) is 108 cm³/mol. The molecule has 0 rings (SSSR count). The van der Waals surface area contributed by atoms with E-state index in [1.54, 1.807) is 48.6 Å². The summed E-state index contributed by atoms with van der Waals surface area (Å²) in [5.74, 6) is -0.821. The number of allylic oxidation sites excluding steroid dienone is 8.